The lowest BCUT2D eigenvalue weighted by atomic mass is 10.0. The van der Waals surface area contributed by atoms with Gasteiger partial charge in [0.2, 0.25) is 0 Å². The zero-order valence-electron chi connectivity index (χ0n) is 15.3. The standard InChI is InChI=1S/C21H24N2O2/c1-6-12-23-14(4)13-18(24)19(15(23)5)21(25)22-20-16(7-2)10-9-11-17(20)8-3/h1,9-11,13H,7-8,12H2,2-5H3,(H,22,25). The molecule has 1 aromatic carbocycles. The number of nitrogens with zero attached hydrogens (tertiary/aromatic N) is 1. The number of carbonyl (C=O) groups excluding carboxylic acids is 1. The third-order valence-electron chi connectivity index (χ3n) is 4.49. The highest BCUT2D eigenvalue weighted by atomic mass is 16.2. The third kappa shape index (κ3) is 3.66. The molecule has 0 bridgehead atoms. The molecule has 1 N–H and O–H groups in total. The first-order chi connectivity index (χ1) is 11.9. The molecule has 1 heterocycles. The second-order valence-electron chi connectivity index (χ2n) is 6.01. The smallest absolute Gasteiger partial charge is 0.261 e. The van der Waals surface area contributed by atoms with Gasteiger partial charge in [0.1, 0.15) is 5.56 Å². The summed E-state index contributed by atoms with van der Waals surface area (Å²) in [4.78, 5) is 25.3. The van der Waals surface area contributed by atoms with Crippen molar-refractivity contribution in [2.45, 2.75) is 47.1 Å². The van der Waals surface area contributed by atoms with Gasteiger partial charge < -0.3 is 9.88 Å². The van der Waals surface area contributed by atoms with Crippen molar-refractivity contribution in [1.82, 2.24) is 4.57 Å². The number of pyridine rings is 1. The van der Waals surface area contributed by atoms with Gasteiger partial charge in [0.25, 0.3) is 5.91 Å². The second-order valence-corrected chi connectivity index (χ2v) is 6.01. The fraction of sp³-hybridized carbons (Fsp3) is 0.333. The van der Waals surface area contributed by atoms with E-state index in [1.165, 1.54) is 6.07 Å². The summed E-state index contributed by atoms with van der Waals surface area (Å²) in [5.41, 5.74) is 4.12. The van der Waals surface area contributed by atoms with Crippen LogP contribution in [-0.2, 0) is 19.4 Å². The Morgan fingerprint density at radius 1 is 1.20 bits per heavy atom. The zero-order chi connectivity index (χ0) is 18.6. The van der Waals surface area contributed by atoms with E-state index >= 15 is 0 Å². The van der Waals surface area contributed by atoms with Crippen LogP contribution in [0.4, 0.5) is 5.69 Å². The number of anilines is 1. The van der Waals surface area contributed by atoms with E-state index in [9.17, 15) is 9.59 Å². The van der Waals surface area contributed by atoms with E-state index in [0.29, 0.717) is 12.2 Å². The van der Waals surface area contributed by atoms with E-state index in [2.05, 4.69) is 11.2 Å². The minimum atomic E-state index is -0.385. The normalized spacial score (nSPS) is 10.4. The van der Waals surface area contributed by atoms with Gasteiger partial charge in [0, 0.05) is 23.1 Å². The van der Waals surface area contributed by atoms with Crippen molar-refractivity contribution < 1.29 is 4.79 Å². The van der Waals surface area contributed by atoms with E-state index in [0.717, 1.165) is 35.3 Å². The summed E-state index contributed by atoms with van der Waals surface area (Å²) in [5, 5.41) is 2.96. The Labute approximate surface area is 148 Å². The Morgan fingerprint density at radius 3 is 2.32 bits per heavy atom. The van der Waals surface area contributed by atoms with E-state index in [1.807, 2.05) is 43.5 Å². The first-order valence-electron chi connectivity index (χ1n) is 8.51. The Hall–Kier alpha value is -2.80. The first kappa shape index (κ1) is 18.5. The highest BCUT2D eigenvalue weighted by Gasteiger charge is 2.19. The number of nitrogens with one attached hydrogen (secondary N) is 1. The predicted molar refractivity (Wildman–Crippen MR) is 102 cm³/mol. The third-order valence-corrected chi connectivity index (χ3v) is 4.49. The van der Waals surface area contributed by atoms with Crippen LogP contribution in [0.3, 0.4) is 0 Å². The Balaban J connectivity index is 2.52. The van der Waals surface area contributed by atoms with Crippen LogP contribution in [0.15, 0.2) is 29.1 Å². The molecule has 4 nitrogen and oxygen atoms in total. The van der Waals surface area contributed by atoms with Gasteiger partial charge in [-0.2, -0.15) is 0 Å². The van der Waals surface area contributed by atoms with Gasteiger partial charge in [-0.1, -0.05) is 38.0 Å². The molecule has 2 rings (SSSR count). The monoisotopic (exact) mass is 336 g/mol. The van der Waals surface area contributed by atoms with Gasteiger partial charge in [-0.15, -0.1) is 6.42 Å². The summed E-state index contributed by atoms with van der Waals surface area (Å²) < 4.78 is 1.81. The van der Waals surface area contributed by atoms with E-state index in [1.54, 1.807) is 6.92 Å². The lowest BCUT2D eigenvalue weighted by Crippen LogP contribution is -2.27. The Morgan fingerprint density at radius 2 is 1.80 bits per heavy atom. The fourth-order valence-corrected chi connectivity index (χ4v) is 3.11. The predicted octanol–water partition coefficient (Wildman–Crippen LogP) is 3.48. The Bertz CT molecular complexity index is 879. The summed E-state index contributed by atoms with van der Waals surface area (Å²) in [6, 6.07) is 7.44. The molecule has 0 atom stereocenters. The summed E-state index contributed by atoms with van der Waals surface area (Å²) in [7, 11) is 0. The van der Waals surface area contributed by atoms with Crippen LogP contribution < -0.4 is 10.7 Å². The lowest BCUT2D eigenvalue weighted by molar-refractivity contribution is 0.102. The highest BCUT2D eigenvalue weighted by Crippen LogP contribution is 2.23. The van der Waals surface area contributed by atoms with Crippen molar-refractivity contribution in [3.8, 4) is 12.3 Å². The van der Waals surface area contributed by atoms with Gasteiger partial charge in [-0.05, 0) is 37.8 Å². The SMILES string of the molecule is C#CCn1c(C)cc(=O)c(C(=O)Nc2c(CC)cccc2CC)c1C. The van der Waals surface area contributed by atoms with Crippen molar-refractivity contribution in [2.24, 2.45) is 0 Å². The molecule has 1 amide bonds. The van der Waals surface area contributed by atoms with Crippen molar-refractivity contribution in [2.75, 3.05) is 5.32 Å². The van der Waals surface area contributed by atoms with E-state index in [4.69, 9.17) is 6.42 Å². The summed E-state index contributed by atoms with van der Waals surface area (Å²) in [6.45, 7) is 7.98. The maximum Gasteiger partial charge on any atom is 0.261 e. The number of benzene rings is 1. The topological polar surface area (TPSA) is 51.1 Å². The van der Waals surface area contributed by atoms with E-state index < -0.39 is 0 Å². The number of aromatic nitrogens is 1. The van der Waals surface area contributed by atoms with Crippen LogP contribution >= 0.6 is 0 Å². The maximum atomic E-state index is 12.9. The average Bonchev–Trinajstić information content (AvgIpc) is 2.58. The fourth-order valence-electron chi connectivity index (χ4n) is 3.11. The van der Waals surface area contributed by atoms with Crippen LogP contribution in [0.1, 0.15) is 46.7 Å². The number of carbonyl (C=O) groups is 1. The quantitative estimate of drug-likeness (QED) is 0.850. The Kier molecular flexibility index (Phi) is 5.82. The molecule has 0 aliphatic rings. The molecule has 1 aromatic heterocycles. The minimum Gasteiger partial charge on any atom is -0.337 e. The van der Waals surface area contributed by atoms with Gasteiger partial charge in [0.15, 0.2) is 5.43 Å². The van der Waals surface area contributed by atoms with Gasteiger partial charge in [-0.3, -0.25) is 9.59 Å². The molecular weight excluding hydrogens is 312 g/mol. The van der Waals surface area contributed by atoms with Gasteiger partial charge >= 0.3 is 0 Å². The molecule has 0 radical (unpaired) electrons. The first-order valence-corrected chi connectivity index (χ1v) is 8.51. The van der Waals surface area contributed by atoms with Crippen LogP contribution in [0.25, 0.3) is 0 Å². The molecule has 0 aliphatic carbocycles. The zero-order valence-corrected chi connectivity index (χ0v) is 15.3. The van der Waals surface area contributed by atoms with Crippen LogP contribution in [0.5, 0.6) is 0 Å². The second kappa shape index (κ2) is 7.85. The van der Waals surface area contributed by atoms with Crippen LogP contribution in [-0.4, -0.2) is 10.5 Å². The molecule has 0 spiro atoms. The number of rotatable bonds is 5. The summed E-state index contributed by atoms with van der Waals surface area (Å²) >= 11 is 0. The molecule has 25 heavy (non-hydrogen) atoms. The number of terminal acetylenes is 1. The van der Waals surface area contributed by atoms with Crippen molar-refractivity contribution in [3.05, 3.63) is 62.6 Å². The number of aryl methyl sites for hydroxylation is 3. The molecule has 0 saturated heterocycles. The largest absolute Gasteiger partial charge is 0.337 e. The number of hydrogen-bond acceptors (Lipinski definition) is 2. The molecule has 4 heteroatoms. The molecule has 0 unspecified atom stereocenters. The molecule has 0 fully saturated rings. The van der Waals surface area contributed by atoms with Gasteiger partial charge in [-0.25, -0.2) is 0 Å². The average molecular weight is 336 g/mol. The van der Waals surface area contributed by atoms with E-state index in [-0.39, 0.29) is 16.9 Å². The molecular formula is C21H24N2O2. The molecule has 130 valence electrons. The lowest BCUT2D eigenvalue weighted by Gasteiger charge is -2.17. The summed E-state index contributed by atoms with van der Waals surface area (Å²) in [6.07, 6.45) is 7.02. The van der Waals surface area contributed by atoms with Crippen LogP contribution in [0.2, 0.25) is 0 Å². The molecule has 0 aliphatic heterocycles. The summed E-state index contributed by atoms with van der Waals surface area (Å²) in [5.74, 6) is 2.18. The minimum absolute atomic E-state index is 0.147. The highest BCUT2D eigenvalue weighted by molar-refractivity contribution is 6.05. The van der Waals surface area contributed by atoms with Crippen molar-refractivity contribution >= 4 is 11.6 Å². The number of para-hydroxylation sites is 1. The van der Waals surface area contributed by atoms with Crippen LogP contribution in [0, 0.1) is 26.2 Å². The maximum absolute atomic E-state index is 12.9. The van der Waals surface area contributed by atoms with Crippen molar-refractivity contribution in [1.29, 1.82) is 0 Å². The van der Waals surface area contributed by atoms with Crippen molar-refractivity contribution in [3.63, 3.8) is 0 Å². The number of hydrogen-bond donors (Lipinski definition) is 1. The molecule has 0 saturated carbocycles. The molecule has 2 aromatic rings. The van der Waals surface area contributed by atoms with Gasteiger partial charge in [0.05, 0.1) is 6.54 Å². The number of amides is 1.